The SMILES string of the molecule is Cc1ccc(S(=O)(=O)n2ccc3nc(CNC(=O)[C@@H]4CCCN(C(=O)OC(C)(C)C)C4)cnc32)cc1.Cc1ccc(S(=O)(=O)n2ccc3nc(CNC(=S)[C@@H]4CCCN(C(=O)OC(C)(C)C)C4)cnc32)cc1. The second kappa shape index (κ2) is 21.7. The third kappa shape index (κ3) is 13.1. The topological polar surface area (TPSA) is 230 Å². The van der Waals surface area contributed by atoms with E-state index in [-0.39, 0.29) is 51.5 Å². The predicted molar refractivity (Wildman–Crippen MR) is 275 cm³/mol. The van der Waals surface area contributed by atoms with Gasteiger partial charge in [-0.2, -0.15) is 0 Å². The molecule has 4 aromatic heterocycles. The van der Waals surface area contributed by atoms with E-state index in [1.807, 2.05) is 55.4 Å². The van der Waals surface area contributed by atoms with Crippen molar-refractivity contribution in [1.29, 1.82) is 0 Å². The molecule has 2 aromatic carbocycles. The number of likely N-dealkylation sites (tertiary alicyclic amines) is 2. The van der Waals surface area contributed by atoms with E-state index in [1.165, 1.54) is 18.6 Å². The Balaban J connectivity index is 0.000000211. The molecular weight excluding hydrogens is 981 g/mol. The molecule has 2 saturated heterocycles. The number of carbonyl (C=O) groups is 3. The second-order valence-corrected chi connectivity index (χ2v) is 24.0. The molecule has 8 rings (SSSR count). The van der Waals surface area contributed by atoms with Crippen LogP contribution in [-0.4, -0.2) is 115 Å². The van der Waals surface area contributed by atoms with E-state index < -0.39 is 37.3 Å². The lowest BCUT2D eigenvalue weighted by atomic mass is 9.97. The molecule has 3 amide bonds. The number of fused-ring (bicyclic) bond motifs is 2. The summed E-state index contributed by atoms with van der Waals surface area (Å²) in [6.45, 7) is 17.3. The monoisotopic (exact) mass is 1040 g/mol. The summed E-state index contributed by atoms with van der Waals surface area (Å²) >= 11 is 5.61. The van der Waals surface area contributed by atoms with Crippen LogP contribution in [0.3, 0.4) is 0 Å². The zero-order chi connectivity index (χ0) is 52.2. The maximum absolute atomic E-state index is 13.1. The number of amides is 3. The van der Waals surface area contributed by atoms with Crippen molar-refractivity contribution in [1.82, 2.24) is 48.3 Å². The molecule has 2 N–H and O–H groups in total. The molecule has 2 atom stereocenters. The fourth-order valence-electron chi connectivity index (χ4n) is 8.07. The number of nitrogens with zero attached hydrogens (tertiary/aromatic N) is 8. The minimum atomic E-state index is -3.81. The van der Waals surface area contributed by atoms with E-state index in [0.29, 0.717) is 73.0 Å². The van der Waals surface area contributed by atoms with Crippen molar-refractivity contribution in [2.45, 2.75) is 115 Å². The van der Waals surface area contributed by atoms with E-state index in [2.05, 4.69) is 30.6 Å². The summed E-state index contributed by atoms with van der Waals surface area (Å²) in [4.78, 5) is 59.6. The fraction of sp³-hybridized carbons (Fsp3) is 0.440. The van der Waals surface area contributed by atoms with Gasteiger partial charge in [-0.05, 0) is 117 Å². The Labute approximate surface area is 425 Å². The van der Waals surface area contributed by atoms with Gasteiger partial charge in [-0.25, -0.2) is 54.3 Å². The number of piperidine rings is 2. The van der Waals surface area contributed by atoms with Crippen LogP contribution >= 0.6 is 12.2 Å². The van der Waals surface area contributed by atoms with Crippen molar-refractivity contribution in [3.63, 3.8) is 0 Å². The molecule has 0 unspecified atom stereocenters. The molecule has 6 heterocycles. The highest BCUT2D eigenvalue weighted by molar-refractivity contribution is 7.90. The molecule has 0 radical (unpaired) electrons. The van der Waals surface area contributed by atoms with Gasteiger partial charge in [-0.1, -0.05) is 47.6 Å². The van der Waals surface area contributed by atoms with E-state index >= 15 is 0 Å². The van der Waals surface area contributed by atoms with E-state index in [1.54, 1.807) is 76.7 Å². The van der Waals surface area contributed by atoms with E-state index in [4.69, 9.17) is 21.7 Å². The van der Waals surface area contributed by atoms with Crippen LogP contribution in [0.15, 0.2) is 95.2 Å². The lowest BCUT2D eigenvalue weighted by Gasteiger charge is -2.34. The maximum Gasteiger partial charge on any atom is 0.410 e. The number of thiocarbonyl (C=S) groups is 1. The minimum Gasteiger partial charge on any atom is -0.444 e. The van der Waals surface area contributed by atoms with Crippen LogP contribution in [0.5, 0.6) is 0 Å². The summed E-state index contributed by atoms with van der Waals surface area (Å²) in [7, 11) is -7.59. The van der Waals surface area contributed by atoms with Gasteiger partial charge in [0.2, 0.25) is 5.91 Å². The molecule has 2 aliphatic heterocycles. The van der Waals surface area contributed by atoms with Crippen LogP contribution < -0.4 is 10.6 Å². The molecule has 0 spiro atoms. The normalized spacial score (nSPS) is 16.7. The first-order valence-electron chi connectivity index (χ1n) is 23.7. The third-order valence-electron chi connectivity index (χ3n) is 11.7. The Morgan fingerprint density at radius 1 is 0.625 bits per heavy atom. The van der Waals surface area contributed by atoms with Gasteiger partial charge < -0.3 is 29.9 Å². The van der Waals surface area contributed by atoms with E-state index in [9.17, 15) is 31.2 Å². The Hall–Kier alpha value is -6.52. The zero-order valence-corrected chi connectivity index (χ0v) is 44.2. The predicted octanol–water partition coefficient (Wildman–Crippen LogP) is 7.28. The zero-order valence-electron chi connectivity index (χ0n) is 41.8. The molecule has 0 bridgehead atoms. The lowest BCUT2D eigenvalue weighted by molar-refractivity contribution is -0.126. The van der Waals surface area contributed by atoms with Gasteiger partial charge in [0.25, 0.3) is 20.0 Å². The minimum absolute atomic E-state index is 0.0266. The smallest absolute Gasteiger partial charge is 0.410 e. The van der Waals surface area contributed by atoms with Crippen molar-refractivity contribution in [2.24, 2.45) is 11.8 Å². The van der Waals surface area contributed by atoms with Gasteiger partial charge >= 0.3 is 12.2 Å². The molecule has 2 fully saturated rings. The molecule has 72 heavy (non-hydrogen) atoms. The van der Waals surface area contributed by atoms with Gasteiger partial charge in [0, 0.05) is 44.5 Å². The number of ether oxygens (including phenoxy) is 2. The first kappa shape index (κ1) is 53.3. The summed E-state index contributed by atoms with van der Waals surface area (Å²) in [6, 6.07) is 16.5. The number of aryl methyl sites for hydroxylation is 2. The Bertz CT molecular complexity index is 2970. The lowest BCUT2D eigenvalue weighted by Crippen LogP contribution is -2.46. The van der Waals surface area contributed by atoms with Crippen molar-refractivity contribution < 1.29 is 40.7 Å². The van der Waals surface area contributed by atoms with Gasteiger partial charge in [-0.3, -0.25) is 4.79 Å². The molecule has 0 saturated carbocycles. The molecule has 22 heteroatoms. The number of hydrogen-bond donors (Lipinski definition) is 2. The first-order valence-corrected chi connectivity index (χ1v) is 27.0. The first-order chi connectivity index (χ1) is 33.9. The number of carbonyl (C=O) groups excluding carboxylic acids is 3. The maximum atomic E-state index is 13.1. The Morgan fingerprint density at radius 3 is 1.46 bits per heavy atom. The summed E-state index contributed by atoms with van der Waals surface area (Å²) in [5, 5.41) is 6.10. The second-order valence-electron chi connectivity index (χ2n) is 20.0. The standard InChI is InChI=1S/C25H31N5O5S.C25H31N5O4S2/c1-17-7-9-20(10-8-17)36(33,34)30-13-11-21-22(30)26-14-19(28-21)15-27-23(31)18-6-5-12-29(16-18)24(32)35-25(2,3)4;1-17-7-9-20(10-8-17)36(32,33)30-13-11-21-22(30)26-14-19(28-21)15-27-23(35)18-6-5-12-29(16-18)24(31)34-25(2,3)4/h7-11,13-14,18H,5-6,12,15-16H2,1-4H3,(H,27,31);7-11,13-14,18H,5-6,12,15-16H2,1-4H3,(H,27,35)/t2*18-/m11/s1. The van der Waals surface area contributed by atoms with Crippen LogP contribution in [0.25, 0.3) is 22.3 Å². The Morgan fingerprint density at radius 2 is 1.03 bits per heavy atom. The molecule has 0 aliphatic carbocycles. The van der Waals surface area contributed by atoms with Gasteiger partial charge in [0.15, 0.2) is 11.3 Å². The van der Waals surface area contributed by atoms with E-state index in [0.717, 1.165) is 31.9 Å². The van der Waals surface area contributed by atoms with Gasteiger partial charge in [-0.15, -0.1) is 0 Å². The van der Waals surface area contributed by atoms with Crippen LogP contribution in [0.1, 0.15) is 89.7 Å². The molecule has 19 nitrogen and oxygen atoms in total. The number of benzene rings is 2. The average Bonchev–Trinajstić information content (AvgIpc) is 3.97. The molecular formula is C50H62N10O9S3. The Kier molecular flexibility index (Phi) is 16.0. The van der Waals surface area contributed by atoms with Crippen LogP contribution in [0.4, 0.5) is 9.59 Å². The molecule has 6 aromatic rings. The quantitative estimate of drug-likeness (QED) is 0.128. The van der Waals surface area contributed by atoms with Gasteiger partial charge in [0.1, 0.15) is 22.2 Å². The summed E-state index contributed by atoms with van der Waals surface area (Å²) < 4.78 is 65.4. The third-order valence-corrected chi connectivity index (χ3v) is 15.6. The van der Waals surface area contributed by atoms with Crippen molar-refractivity contribution in [3.05, 3.63) is 108 Å². The van der Waals surface area contributed by atoms with Crippen molar-refractivity contribution >= 4 is 77.7 Å². The number of aromatic nitrogens is 6. The highest BCUT2D eigenvalue weighted by Gasteiger charge is 2.32. The summed E-state index contributed by atoms with van der Waals surface area (Å²) in [5.74, 6) is -0.493. The summed E-state index contributed by atoms with van der Waals surface area (Å²) in [6.07, 6.45) is 8.28. The van der Waals surface area contributed by atoms with Crippen LogP contribution in [0.2, 0.25) is 0 Å². The number of rotatable bonds is 10. The summed E-state index contributed by atoms with van der Waals surface area (Å²) in [5.41, 5.74) is 3.30. The number of hydrogen-bond acceptors (Lipinski definition) is 14. The van der Waals surface area contributed by atoms with Crippen molar-refractivity contribution in [3.8, 4) is 0 Å². The van der Waals surface area contributed by atoms with Gasteiger partial charge in [0.05, 0.1) is 57.6 Å². The van der Waals surface area contributed by atoms with Crippen molar-refractivity contribution in [2.75, 3.05) is 26.2 Å². The van der Waals surface area contributed by atoms with Crippen LogP contribution in [-0.2, 0) is 47.4 Å². The largest absolute Gasteiger partial charge is 0.444 e. The fourth-order valence-corrected chi connectivity index (χ4v) is 10.9. The molecule has 384 valence electrons. The molecule has 2 aliphatic rings. The highest BCUT2D eigenvalue weighted by atomic mass is 32.2. The van der Waals surface area contributed by atoms with Crippen LogP contribution in [0, 0.1) is 25.7 Å². The highest BCUT2D eigenvalue weighted by Crippen LogP contribution is 2.25. The number of nitrogens with one attached hydrogen (secondary N) is 2. The average molecular weight is 1040 g/mol.